The second-order valence-electron chi connectivity index (χ2n) is 4.51. The van der Waals surface area contributed by atoms with Gasteiger partial charge in [0.2, 0.25) is 5.91 Å². The maximum atomic E-state index is 11.7. The lowest BCUT2D eigenvalue weighted by molar-refractivity contribution is -0.122. The van der Waals surface area contributed by atoms with Crippen molar-refractivity contribution in [3.05, 3.63) is 21.9 Å². The second-order valence-corrected chi connectivity index (χ2v) is 5.51. The number of nitrogens with one attached hydrogen (secondary N) is 1. The van der Waals surface area contributed by atoms with Gasteiger partial charge in [-0.3, -0.25) is 9.69 Å². The van der Waals surface area contributed by atoms with Gasteiger partial charge >= 0.3 is 0 Å². The molecule has 0 saturated heterocycles. The van der Waals surface area contributed by atoms with Crippen molar-refractivity contribution in [3.8, 4) is 12.3 Å². The number of carbonyl (C=O) groups is 1. The second kappa shape index (κ2) is 7.20. The average molecular weight is 264 g/mol. The van der Waals surface area contributed by atoms with Crippen molar-refractivity contribution >= 4 is 17.2 Å². The third-order valence-electron chi connectivity index (χ3n) is 2.78. The summed E-state index contributed by atoms with van der Waals surface area (Å²) in [6.45, 7) is 7.78. The fraction of sp³-hybridized carbons (Fsp3) is 0.500. The summed E-state index contributed by atoms with van der Waals surface area (Å²) in [6.07, 6.45) is 5.12. The number of thiophene rings is 1. The van der Waals surface area contributed by atoms with Crippen molar-refractivity contribution < 1.29 is 4.79 Å². The molecule has 1 aromatic rings. The fourth-order valence-electron chi connectivity index (χ4n) is 1.56. The lowest BCUT2D eigenvalue weighted by atomic mass is 10.2. The Morgan fingerprint density at radius 3 is 2.83 bits per heavy atom. The molecule has 1 heterocycles. The van der Waals surface area contributed by atoms with Crippen molar-refractivity contribution in [1.82, 2.24) is 10.2 Å². The molecular formula is C14H20N2OS. The van der Waals surface area contributed by atoms with Crippen LogP contribution in [0.1, 0.15) is 24.3 Å². The molecule has 1 aromatic heterocycles. The molecule has 0 saturated carbocycles. The minimum Gasteiger partial charge on any atom is -0.344 e. The van der Waals surface area contributed by atoms with Gasteiger partial charge in [-0.05, 0) is 37.8 Å². The first kappa shape index (κ1) is 14.7. The Morgan fingerprint density at radius 2 is 2.33 bits per heavy atom. The smallest absolute Gasteiger partial charge is 0.234 e. The van der Waals surface area contributed by atoms with Crippen LogP contribution >= 0.6 is 11.3 Å². The maximum absolute atomic E-state index is 11.7. The van der Waals surface area contributed by atoms with E-state index in [9.17, 15) is 4.79 Å². The zero-order valence-electron chi connectivity index (χ0n) is 11.2. The highest BCUT2D eigenvalue weighted by atomic mass is 32.1. The SMILES string of the molecule is C#CCNC(=O)CN(Cc1sccc1C)C(C)C. The highest BCUT2D eigenvalue weighted by Crippen LogP contribution is 2.18. The molecule has 0 radical (unpaired) electrons. The normalized spacial score (nSPS) is 10.7. The fourth-order valence-corrected chi connectivity index (χ4v) is 2.49. The number of hydrogen-bond acceptors (Lipinski definition) is 3. The average Bonchev–Trinajstić information content (AvgIpc) is 2.71. The van der Waals surface area contributed by atoms with Crippen LogP contribution in [0.3, 0.4) is 0 Å². The summed E-state index contributed by atoms with van der Waals surface area (Å²) < 4.78 is 0. The summed E-state index contributed by atoms with van der Waals surface area (Å²) in [7, 11) is 0. The Morgan fingerprint density at radius 1 is 1.61 bits per heavy atom. The minimum atomic E-state index is -0.0177. The van der Waals surface area contributed by atoms with Gasteiger partial charge < -0.3 is 5.32 Å². The molecule has 18 heavy (non-hydrogen) atoms. The number of nitrogens with zero attached hydrogens (tertiary/aromatic N) is 1. The van der Waals surface area contributed by atoms with Crippen LogP contribution < -0.4 is 5.32 Å². The number of terminal acetylenes is 1. The molecule has 1 N–H and O–H groups in total. The summed E-state index contributed by atoms with van der Waals surface area (Å²) in [6, 6.07) is 2.43. The van der Waals surface area contributed by atoms with E-state index in [0.29, 0.717) is 19.1 Å². The first-order chi connectivity index (χ1) is 8.54. The Kier molecular flexibility index (Phi) is 5.90. The summed E-state index contributed by atoms with van der Waals surface area (Å²) in [4.78, 5) is 15.1. The van der Waals surface area contributed by atoms with Crippen LogP contribution in [0.4, 0.5) is 0 Å². The predicted octanol–water partition coefficient (Wildman–Crippen LogP) is 2.02. The molecule has 0 aliphatic rings. The van der Waals surface area contributed by atoms with Gasteiger partial charge in [0.05, 0.1) is 13.1 Å². The Balaban J connectivity index is 2.58. The molecule has 4 heteroatoms. The first-order valence-electron chi connectivity index (χ1n) is 6.01. The zero-order chi connectivity index (χ0) is 13.5. The van der Waals surface area contributed by atoms with Gasteiger partial charge in [0, 0.05) is 17.5 Å². The third kappa shape index (κ3) is 4.52. The van der Waals surface area contributed by atoms with E-state index in [-0.39, 0.29) is 5.91 Å². The van der Waals surface area contributed by atoms with E-state index < -0.39 is 0 Å². The molecule has 0 fully saturated rings. The lowest BCUT2D eigenvalue weighted by Crippen LogP contribution is -2.40. The Hall–Kier alpha value is -1.31. The van der Waals surface area contributed by atoms with Gasteiger partial charge in [-0.25, -0.2) is 0 Å². The van der Waals surface area contributed by atoms with Crippen molar-refractivity contribution in [1.29, 1.82) is 0 Å². The van der Waals surface area contributed by atoms with Crippen molar-refractivity contribution in [2.45, 2.75) is 33.4 Å². The van der Waals surface area contributed by atoms with Crippen LogP contribution in [0.15, 0.2) is 11.4 Å². The molecule has 1 amide bonds. The molecule has 98 valence electrons. The number of aryl methyl sites for hydroxylation is 1. The highest BCUT2D eigenvalue weighted by Gasteiger charge is 2.15. The summed E-state index contributed by atoms with van der Waals surface area (Å²) in [5, 5.41) is 4.78. The largest absolute Gasteiger partial charge is 0.344 e. The van der Waals surface area contributed by atoms with Crippen LogP contribution in [0, 0.1) is 19.3 Å². The standard InChI is InChI=1S/C14H20N2OS/c1-5-7-15-14(17)10-16(11(2)3)9-13-12(4)6-8-18-13/h1,6,8,11H,7,9-10H2,2-4H3,(H,15,17). The van der Waals surface area contributed by atoms with Crippen molar-refractivity contribution in [3.63, 3.8) is 0 Å². The van der Waals surface area contributed by atoms with E-state index in [1.807, 2.05) is 0 Å². The van der Waals surface area contributed by atoms with Gasteiger partial charge in [-0.15, -0.1) is 17.8 Å². The number of amides is 1. The van der Waals surface area contributed by atoms with Crippen LogP contribution in [0.25, 0.3) is 0 Å². The molecule has 0 aliphatic heterocycles. The van der Waals surface area contributed by atoms with E-state index in [1.54, 1.807) is 11.3 Å². The van der Waals surface area contributed by atoms with Crippen LogP contribution in [-0.4, -0.2) is 29.9 Å². The van der Waals surface area contributed by atoms with Gasteiger partial charge in [0.25, 0.3) is 0 Å². The van der Waals surface area contributed by atoms with Crippen LogP contribution in [0.2, 0.25) is 0 Å². The zero-order valence-corrected chi connectivity index (χ0v) is 12.0. The van der Waals surface area contributed by atoms with E-state index in [2.05, 4.69) is 48.4 Å². The highest BCUT2D eigenvalue weighted by molar-refractivity contribution is 7.10. The molecule has 0 aromatic carbocycles. The molecular weight excluding hydrogens is 244 g/mol. The monoisotopic (exact) mass is 264 g/mol. The molecule has 0 aliphatic carbocycles. The van der Waals surface area contributed by atoms with Crippen LogP contribution in [-0.2, 0) is 11.3 Å². The molecule has 0 unspecified atom stereocenters. The minimum absolute atomic E-state index is 0.0177. The molecule has 3 nitrogen and oxygen atoms in total. The van der Waals surface area contributed by atoms with Crippen LogP contribution in [0.5, 0.6) is 0 Å². The van der Waals surface area contributed by atoms with Gasteiger partial charge in [-0.1, -0.05) is 5.92 Å². The number of carbonyl (C=O) groups excluding carboxylic acids is 1. The van der Waals surface area contributed by atoms with E-state index in [0.717, 1.165) is 6.54 Å². The molecule has 0 bridgehead atoms. The van der Waals surface area contributed by atoms with Crippen molar-refractivity contribution in [2.75, 3.05) is 13.1 Å². The van der Waals surface area contributed by atoms with Gasteiger partial charge in [0.15, 0.2) is 0 Å². The topological polar surface area (TPSA) is 32.3 Å². The number of hydrogen-bond donors (Lipinski definition) is 1. The maximum Gasteiger partial charge on any atom is 0.234 e. The van der Waals surface area contributed by atoms with Gasteiger partial charge in [-0.2, -0.15) is 0 Å². The quantitative estimate of drug-likeness (QED) is 0.797. The summed E-state index contributed by atoms with van der Waals surface area (Å²) in [5.41, 5.74) is 1.29. The van der Waals surface area contributed by atoms with Gasteiger partial charge in [0.1, 0.15) is 0 Å². The molecule has 1 rings (SSSR count). The molecule has 0 atom stereocenters. The van der Waals surface area contributed by atoms with E-state index in [1.165, 1.54) is 10.4 Å². The summed E-state index contributed by atoms with van der Waals surface area (Å²) >= 11 is 1.73. The van der Waals surface area contributed by atoms with E-state index in [4.69, 9.17) is 6.42 Å². The summed E-state index contributed by atoms with van der Waals surface area (Å²) in [5.74, 6) is 2.39. The van der Waals surface area contributed by atoms with E-state index >= 15 is 0 Å². The first-order valence-corrected chi connectivity index (χ1v) is 6.89. The lowest BCUT2D eigenvalue weighted by Gasteiger charge is -2.25. The number of rotatable bonds is 6. The Labute approximate surface area is 113 Å². The third-order valence-corrected chi connectivity index (χ3v) is 3.79. The predicted molar refractivity (Wildman–Crippen MR) is 76.4 cm³/mol. The van der Waals surface area contributed by atoms with Crippen molar-refractivity contribution in [2.24, 2.45) is 0 Å². The Bertz CT molecular complexity index is 431. The molecule has 0 spiro atoms.